The standard InChI is InChI=1S/C28H33ClO3/c1-17-13-19-15-21(31)5-6-22(19)23-9-11-28(2)20(4-7-24(28)27(17)23)10-12-32-26-8-3-18(16-30)14-25(26)29/h3,5-6,8,14-17,20,23-24,27,31H,4,7,9-13H2,1-2H3/t17-,20?,23?,24?,27?,28?/m1/s1. The van der Waals surface area contributed by atoms with Crippen molar-refractivity contribution in [3.8, 4) is 11.5 Å². The van der Waals surface area contributed by atoms with E-state index in [9.17, 15) is 9.90 Å². The third-order valence-corrected chi connectivity index (χ3v) is 9.37. The Hall–Kier alpha value is -2.00. The SMILES string of the molecule is C[C@@H]1Cc2cc(O)ccc2C2CCC3(C)C(CCOc4ccc(C=O)cc4Cl)CCC3C21. The van der Waals surface area contributed by atoms with Gasteiger partial charge in [-0.1, -0.05) is 31.5 Å². The molecule has 3 aliphatic carbocycles. The van der Waals surface area contributed by atoms with Gasteiger partial charge in [-0.25, -0.2) is 0 Å². The maximum absolute atomic E-state index is 10.9. The highest BCUT2D eigenvalue weighted by Crippen LogP contribution is 2.64. The number of phenolic OH excluding ortho intramolecular Hbond substituents is 1. The minimum absolute atomic E-state index is 0.373. The van der Waals surface area contributed by atoms with Crippen LogP contribution in [0.4, 0.5) is 0 Å². The van der Waals surface area contributed by atoms with E-state index in [1.54, 1.807) is 18.2 Å². The van der Waals surface area contributed by atoms with Gasteiger partial charge in [0.05, 0.1) is 11.6 Å². The molecule has 0 heterocycles. The minimum atomic E-state index is 0.373. The number of benzene rings is 2. The van der Waals surface area contributed by atoms with Gasteiger partial charge in [-0.3, -0.25) is 4.79 Å². The van der Waals surface area contributed by atoms with Crippen LogP contribution in [0.5, 0.6) is 11.5 Å². The molecule has 6 atom stereocenters. The highest BCUT2D eigenvalue weighted by atomic mass is 35.5. The fraction of sp³-hybridized carbons (Fsp3) is 0.536. The average Bonchev–Trinajstić information content (AvgIpc) is 3.10. The molecule has 32 heavy (non-hydrogen) atoms. The van der Waals surface area contributed by atoms with Gasteiger partial charge in [0.2, 0.25) is 0 Å². The van der Waals surface area contributed by atoms with Gasteiger partial charge in [0, 0.05) is 5.56 Å². The zero-order valence-electron chi connectivity index (χ0n) is 19.0. The smallest absolute Gasteiger partial charge is 0.150 e. The number of aromatic hydroxyl groups is 1. The van der Waals surface area contributed by atoms with Gasteiger partial charge >= 0.3 is 0 Å². The maximum Gasteiger partial charge on any atom is 0.150 e. The van der Waals surface area contributed by atoms with Crippen LogP contribution in [0, 0.1) is 29.1 Å². The summed E-state index contributed by atoms with van der Waals surface area (Å²) in [6.45, 7) is 5.63. The zero-order chi connectivity index (χ0) is 22.5. The van der Waals surface area contributed by atoms with Crippen molar-refractivity contribution in [3.05, 3.63) is 58.1 Å². The van der Waals surface area contributed by atoms with E-state index < -0.39 is 0 Å². The number of carbonyl (C=O) groups is 1. The summed E-state index contributed by atoms with van der Waals surface area (Å²) in [5.41, 5.74) is 3.80. The second-order valence-corrected chi connectivity index (χ2v) is 11.0. The average molecular weight is 453 g/mol. The molecular weight excluding hydrogens is 420 g/mol. The molecule has 2 aromatic carbocycles. The predicted molar refractivity (Wildman–Crippen MR) is 128 cm³/mol. The first-order chi connectivity index (χ1) is 15.4. The molecule has 1 N–H and O–H groups in total. The molecule has 5 unspecified atom stereocenters. The first-order valence-corrected chi connectivity index (χ1v) is 12.5. The van der Waals surface area contributed by atoms with Gasteiger partial charge in [-0.15, -0.1) is 0 Å². The Balaban J connectivity index is 1.28. The Morgan fingerprint density at radius 3 is 2.81 bits per heavy atom. The number of phenols is 1. The van der Waals surface area contributed by atoms with E-state index in [4.69, 9.17) is 16.3 Å². The van der Waals surface area contributed by atoms with Crippen molar-refractivity contribution in [1.82, 2.24) is 0 Å². The third-order valence-electron chi connectivity index (χ3n) is 9.07. The summed E-state index contributed by atoms with van der Waals surface area (Å²) in [4.78, 5) is 10.9. The van der Waals surface area contributed by atoms with Crippen molar-refractivity contribution in [2.45, 2.75) is 58.3 Å². The lowest BCUT2D eigenvalue weighted by Gasteiger charge is -2.53. The molecule has 0 aromatic heterocycles. The number of aldehydes is 1. The molecule has 170 valence electrons. The summed E-state index contributed by atoms with van der Waals surface area (Å²) in [6, 6.07) is 11.3. The zero-order valence-corrected chi connectivity index (χ0v) is 19.8. The second kappa shape index (κ2) is 8.41. The van der Waals surface area contributed by atoms with E-state index >= 15 is 0 Å². The van der Waals surface area contributed by atoms with Crippen LogP contribution < -0.4 is 4.74 Å². The van der Waals surface area contributed by atoms with E-state index in [1.165, 1.54) is 36.8 Å². The number of rotatable bonds is 5. The van der Waals surface area contributed by atoms with Crippen molar-refractivity contribution >= 4 is 17.9 Å². The Bertz CT molecular complexity index is 1020. The van der Waals surface area contributed by atoms with Crippen LogP contribution in [0.1, 0.15) is 73.4 Å². The molecule has 0 aliphatic heterocycles. The molecule has 0 bridgehead atoms. The number of fused-ring (bicyclic) bond motifs is 5. The molecule has 3 aliphatic rings. The third kappa shape index (κ3) is 3.63. The number of ether oxygens (including phenoxy) is 1. The van der Waals surface area contributed by atoms with Crippen molar-refractivity contribution in [1.29, 1.82) is 0 Å². The topological polar surface area (TPSA) is 46.5 Å². The van der Waals surface area contributed by atoms with Gasteiger partial charge in [-0.2, -0.15) is 0 Å². The first kappa shape index (κ1) is 21.8. The summed E-state index contributed by atoms with van der Waals surface area (Å²) >= 11 is 6.29. The highest BCUT2D eigenvalue weighted by molar-refractivity contribution is 6.32. The van der Waals surface area contributed by atoms with Gasteiger partial charge < -0.3 is 9.84 Å². The van der Waals surface area contributed by atoms with Crippen molar-refractivity contribution in [2.24, 2.45) is 29.1 Å². The van der Waals surface area contributed by atoms with Crippen LogP contribution >= 0.6 is 11.6 Å². The molecule has 0 radical (unpaired) electrons. The lowest BCUT2D eigenvalue weighted by molar-refractivity contribution is 0.000921. The number of carbonyl (C=O) groups excluding carboxylic acids is 1. The molecule has 2 fully saturated rings. The molecule has 0 spiro atoms. The Morgan fingerprint density at radius 1 is 1.19 bits per heavy atom. The van der Waals surface area contributed by atoms with Crippen molar-refractivity contribution in [3.63, 3.8) is 0 Å². The number of hydrogen-bond acceptors (Lipinski definition) is 3. The van der Waals surface area contributed by atoms with Crippen molar-refractivity contribution < 1.29 is 14.6 Å². The fourth-order valence-corrected chi connectivity index (χ4v) is 7.81. The van der Waals surface area contributed by atoms with Crippen LogP contribution in [0.2, 0.25) is 5.02 Å². The summed E-state index contributed by atoms with van der Waals surface area (Å²) in [5.74, 6) is 4.54. The molecule has 2 aromatic rings. The summed E-state index contributed by atoms with van der Waals surface area (Å²) in [5, 5.41) is 10.5. The van der Waals surface area contributed by atoms with Crippen LogP contribution in [-0.4, -0.2) is 18.0 Å². The van der Waals surface area contributed by atoms with E-state index in [0.29, 0.717) is 51.9 Å². The van der Waals surface area contributed by atoms with Crippen LogP contribution in [0.25, 0.3) is 0 Å². The van der Waals surface area contributed by atoms with E-state index in [1.807, 2.05) is 12.1 Å². The summed E-state index contributed by atoms with van der Waals surface area (Å²) < 4.78 is 6.04. The van der Waals surface area contributed by atoms with Crippen LogP contribution in [0.15, 0.2) is 36.4 Å². The lowest BCUT2D eigenvalue weighted by Crippen LogP contribution is -2.45. The molecular formula is C28H33ClO3. The van der Waals surface area contributed by atoms with E-state index in [2.05, 4.69) is 19.9 Å². The maximum atomic E-state index is 10.9. The lowest BCUT2D eigenvalue weighted by atomic mass is 9.51. The molecule has 2 saturated carbocycles. The fourth-order valence-electron chi connectivity index (χ4n) is 7.57. The van der Waals surface area contributed by atoms with Crippen LogP contribution in [0.3, 0.4) is 0 Å². The number of halogens is 1. The Morgan fingerprint density at radius 2 is 2.03 bits per heavy atom. The Kier molecular flexibility index (Phi) is 5.73. The first-order valence-electron chi connectivity index (χ1n) is 12.1. The Labute approximate surface area is 196 Å². The molecule has 0 amide bonds. The van der Waals surface area contributed by atoms with Gasteiger partial charge in [-0.05, 0) is 115 Å². The highest BCUT2D eigenvalue weighted by Gasteiger charge is 2.55. The van der Waals surface area contributed by atoms with Gasteiger partial charge in [0.1, 0.15) is 17.8 Å². The minimum Gasteiger partial charge on any atom is -0.508 e. The monoisotopic (exact) mass is 452 g/mol. The van der Waals surface area contributed by atoms with Crippen molar-refractivity contribution in [2.75, 3.05) is 6.61 Å². The van der Waals surface area contributed by atoms with Crippen LogP contribution in [-0.2, 0) is 6.42 Å². The molecule has 3 nitrogen and oxygen atoms in total. The predicted octanol–water partition coefficient (Wildman–Crippen LogP) is 7.05. The normalized spacial score (nSPS) is 33.2. The quantitative estimate of drug-likeness (QED) is 0.494. The largest absolute Gasteiger partial charge is 0.508 e. The van der Waals surface area contributed by atoms with E-state index in [-0.39, 0.29) is 0 Å². The number of hydrogen-bond donors (Lipinski definition) is 1. The van der Waals surface area contributed by atoms with E-state index in [0.717, 1.165) is 31.0 Å². The molecule has 0 saturated heterocycles. The summed E-state index contributed by atoms with van der Waals surface area (Å²) in [6.07, 6.45) is 8.05. The van der Waals surface area contributed by atoms with Gasteiger partial charge in [0.15, 0.2) is 0 Å². The molecule has 4 heteroatoms. The van der Waals surface area contributed by atoms with Gasteiger partial charge in [0.25, 0.3) is 0 Å². The summed E-state index contributed by atoms with van der Waals surface area (Å²) in [7, 11) is 0. The molecule has 5 rings (SSSR count). The second-order valence-electron chi connectivity index (χ2n) is 10.6.